The molecule has 3 aromatic rings. The van der Waals surface area contributed by atoms with Gasteiger partial charge in [-0.2, -0.15) is 0 Å². The standard InChI is InChI=1S/C22H22N4O2/c1-15-19(13-16-7-5-6-10-18(16)24-15)25-20(27)21(28)26-12-11-22(23,14-26)17-8-3-2-4-9-17/h2-10,13H,11-12,14,23H2,1H3,(H,25,27). The van der Waals surface area contributed by atoms with E-state index in [1.807, 2.05) is 67.6 Å². The molecule has 1 aliphatic heterocycles. The van der Waals surface area contributed by atoms with Crippen LogP contribution in [0.3, 0.4) is 0 Å². The summed E-state index contributed by atoms with van der Waals surface area (Å²) in [5.41, 5.74) is 8.91. The van der Waals surface area contributed by atoms with Crippen molar-refractivity contribution in [2.75, 3.05) is 18.4 Å². The number of rotatable bonds is 2. The van der Waals surface area contributed by atoms with Crippen LogP contribution in [0.15, 0.2) is 60.7 Å². The molecule has 0 aliphatic carbocycles. The van der Waals surface area contributed by atoms with Gasteiger partial charge in [-0.05, 0) is 31.0 Å². The molecule has 2 aromatic carbocycles. The van der Waals surface area contributed by atoms with E-state index in [1.165, 1.54) is 4.90 Å². The third kappa shape index (κ3) is 3.34. The van der Waals surface area contributed by atoms with Gasteiger partial charge in [0.1, 0.15) is 0 Å². The molecule has 0 spiro atoms. The van der Waals surface area contributed by atoms with Gasteiger partial charge in [-0.1, -0.05) is 48.5 Å². The number of pyridine rings is 1. The highest BCUT2D eigenvalue weighted by Gasteiger charge is 2.39. The van der Waals surface area contributed by atoms with Crippen molar-refractivity contribution < 1.29 is 9.59 Å². The molecule has 1 aliphatic rings. The molecule has 142 valence electrons. The molecular formula is C22H22N4O2. The third-order valence-corrected chi connectivity index (χ3v) is 5.29. The molecule has 2 amide bonds. The number of aromatic nitrogens is 1. The number of nitrogens with one attached hydrogen (secondary N) is 1. The minimum atomic E-state index is -0.669. The summed E-state index contributed by atoms with van der Waals surface area (Å²) in [6.07, 6.45) is 0.618. The second-order valence-electron chi connectivity index (χ2n) is 7.27. The summed E-state index contributed by atoms with van der Waals surface area (Å²) >= 11 is 0. The third-order valence-electron chi connectivity index (χ3n) is 5.29. The predicted molar refractivity (Wildman–Crippen MR) is 109 cm³/mol. The molecule has 1 atom stereocenters. The molecule has 3 N–H and O–H groups in total. The minimum absolute atomic E-state index is 0.318. The number of carbonyl (C=O) groups excluding carboxylic acids is 2. The van der Waals surface area contributed by atoms with Crippen LogP contribution >= 0.6 is 0 Å². The highest BCUT2D eigenvalue weighted by molar-refractivity contribution is 6.39. The molecule has 1 aromatic heterocycles. The number of nitrogens with two attached hydrogens (primary N) is 1. The van der Waals surface area contributed by atoms with Crippen LogP contribution in [0.5, 0.6) is 0 Å². The maximum Gasteiger partial charge on any atom is 0.313 e. The Kier molecular flexibility index (Phi) is 4.57. The molecule has 1 unspecified atom stereocenters. The molecule has 1 fully saturated rings. The van der Waals surface area contributed by atoms with Gasteiger partial charge in [0.25, 0.3) is 0 Å². The van der Waals surface area contributed by atoms with Crippen LogP contribution in [0.1, 0.15) is 17.7 Å². The van der Waals surface area contributed by atoms with Gasteiger partial charge in [0.2, 0.25) is 0 Å². The second-order valence-corrected chi connectivity index (χ2v) is 7.27. The van der Waals surface area contributed by atoms with Crippen LogP contribution in [0.2, 0.25) is 0 Å². The van der Waals surface area contributed by atoms with Crippen LogP contribution in [0.4, 0.5) is 5.69 Å². The van der Waals surface area contributed by atoms with Gasteiger partial charge >= 0.3 is 11.8 Å². The van der Waals surface area contributed by atoms with E-state index >= 15 is 0 Å². The zero-order valence-electron chi connectivity index (χ0n) is 15.7. The molecule has 0 saturated carbocycles. The Bertz CT molecular complexity index is 1050. The molecule has 4 rings (SSSR count). The average Bonchev–Trinajstić information content (AvgIpc) is 3.12. The second kappa shape index (κ2) is 7.05. The molecule has 28 heavy (non-hydrogen) atoms. The Morgan fingerprint density at radius 1 is 1.11 bits per heavy atom. The Labute approximate surface area is 163 Å². The number of benzene rings is 2. The first-order valence-electron chi connectivity index (χ1n) is 9.27. The molecule has 0 bridgehead atoms. The fraction of sp³-hybridized carbons (Fsp3) is 0.227. The fourth-order valence-electron chi connectivity index (χ4n) is 3.67. The zero-order chi connectivity index (χ0) is 19.7. The van der Waals surface area contributed by atoms with Crippen molar-refractivity contribution in [2.45, 2.75) is 18.9 Å². The summed E-state index contributed by atoms with van der Waals surface area (Å²) in [7, 11) is 0. The van der Waals surface area contributed by atoms with Crippen LogP contribution in [-0.4, -0.2) is 34.8 Å². The van der Waals surface area contributed by atoms with Crippen molar-refractivity contribution in [2.24, 2.45) is 5.73 Å². The number of aryl methyl sites for hydroxylation is 1. The maximum atomic E-state index is 12.7. The zero-order valence-corrected chi connectivity index (χ0v) is 15.7. The fourth-order valence-corrected chi connectivity index (χ4v) is 3.67. The number of para-hydroxylation sites is 1. The lowest BCUT2D eigenvalue weighted by Gasteiger charge is -2.25. The van der Waals surface area contributed by atoms with Crippen molar-refractivity contribution in [3.63, 3.8) is 0 Å². The van der Waals surface area contributed by atoms with Crippen LogP contribution < -0.4 is 11.1 Å². The van der Waals surface area contributed by atoms with E-state index in [-0.39, 0.29) is 0 Å². The molecular weight excluding hydrogens is 352 g/mol. The number of carbonyl (C=O) groups is 2. The van der Waals surface area contributed by atoms with Gasteiger partial charge in [0, 0.05) is 18.5 Å². The smallest absolute Gasteiger partial charge is 0.313 e. The van der Waals surface area contributed by atoms with E-state index < -0.39 is 17.4 Å². The quantitative estimate of drug-likeness (QED) is 0.675. The largest absolute Gasteiger partial charge is 0.332 e. The summed E-state index contributed by atoms with van der Waals surface area (Å²) in [5.74, 6) is -1.24. The number of likely N-dealkylation sites (tertiary alicyclic amines) is 1. The SMILES string of the molecule is Cc1nc2ccccc2cc1NC(=O)C(=O)N1CCC(N)(c2ccccc2)C1. The number of nitrogens with zero attached hydrogens (tertiary/aromatic N) is 2. The van der Waals surface area contributed by atoms with Crippen molar-refractivity contribution in [3.8, 4) is 0 Å². The topological polar surface area (TPSA) is 88.3 Å². The van der Waals surface area contributed by atoms with Crippen molar-refractivity contribution in [1.82, 2.24) is 9.88 Å². The average molecular weight is 374 g/mol. The van der Waals surface area contributed by atoms with E-state index in [4.69, 9.17) is 5.73 Å². The lowest BCUT2D eigenvalue weighted by molar-refractivity contribution is -0.142. The normalized spacial score (nSPS) is 19.0. The van der Waals surface area contributed by atoms with Gasteiger partial charge in [0.15, 0.2) is 0 Å². The number of amides is 2. The molecule has 0 radical (unpaired) electrons. The summed E-state index contributed by atoms with van der Waals surface area (Å²) in [5, 5.41) is 3.62. The summed E-state index contributed by atoms with van der Waals surface area (Å²) in [6.45, 7) is 2.58. The number of fused-ring (bicyclic) bond motifs is 1. The Morgan fingerprint density at radius 3 is 2.61 bits per heavy atom. The van der Waals surface area contributed by atoms with E-state index in [0.717, 1.165) is 16.5 Å². The van der Waals surface area contributed by atoms with Crippen LogP contribution in [0.25, 0.3) is 10.9 Å². The Morgan fingerprint density at radius 2 is 1.82 bits per heavy atom. The first-order valence-corrected chi connectivity index (χ1v) is 9.27. The molecule has 2 heterocycles. The van der Waals surface area contributed by atoms with Gasteiger partial charge in [-0.15, -0.1) is 0 Å². The Balaban J connectivity index is 1.49. The summed E-state index contributed by atoms with van der Waals surface area (Å²) in [4.78, 5) is 31.3. The van der Waals surface area contributed by atoms with E-state index in [1.54, 1.807) is 0 Å². The van der Waals surface area contributed by atoms with E-state index in [2.05, 4.69) is 10.3 Å². The highest BCUT2D eigenvalue weighted by Crippen LogP contribution is 2.29. The highest BCUT2D eigenvalue weighted by atomic mass is 16.2. The molecule has 6 heteroatoms. The lowest BCUT2D eigenvalue weighted by atomic mass is 9.90. The molecule has 6 nitrogen and oxygen atoms in total. The van der Waals surface area contributed by atoms with Gasteiger partial charge < -0.3 is 16.0 Å². The molecule has 1 saturated heterocycles. The van der Waals surface area contributed by atoms with Crippen LogP contribution in [-0.2, 0) is 15.1 Å². The van der Waals surface area contributed by atoms with Gasteiger partial charge in [-0.3, -0.25) is 14.6 Å². The van der Waals surface area contributed by atoms with E-state index in [9.17, 15) is 9.59 Å². The summed E-state index contributed by atoms with van der Waals surface area (Å²) < 4.78 is 0. The first kappa shape index (κ1) is 18.1. The lowest BCUT2D eigenvalue weighted by Crippen LogP contribution is -2.44. The maximum absolute atomic E-state index is 12.7. The van der Waals surface area contributed by atoms with Gasteiger partial charge in [-0.25, -0.2) is 0 Å². The van der Waals surface area contributed by atoms with Crippen molar-refractivity contribution in [3.05, 3.63) is 71.9 Å². The summed E-state index contributed by atoms with van der Waals surface area (Å²) in [6, 6.07) is 19.2. The first-order chi connectivity index (χ1) is 13.5. The number of anilines is 1. The van der Waals surface area contributed by atoms with Gasteiger partial charge in [0.05, 0.1) is 22.4 Å². The Hall–Kier alpha value is -3.25. The van der Waals surface area contributed by atoms with Crippen LogP contribution in [0, 0.1) is 6.92 Å². The number of hydrogen-bond donors (Lipinski definition) is 2. The van der Waals surface area contributed by atoms with Crippen molar-refractivity contribution >= 4 is 28.4 Å². The van der Waals surface area contributed by atoms with Crippen molar-refractivity contribution in [1.29, 1.82) is 0 Å². The minimum Gasteiger partial charge on any atom is -0.332 e. The predicted octanol–water partition coefficient (Wildman–Crippen LogP) is 2.57. The number of hydrogen-bond acceptors (Lipinski definition) is 4. The monoisotopic (exact) mass is 374 g/mol. The van der Waals surface area contributed by atoms with E-state index in [0.29, 0.717) is 30.9 Å².